The zero-order valence-electron chi connectivity index (χ0n) is 15.3. The molecule has 140 valence electrons. The average Bonchev–Trinajstić information content (AvgIpc) is 3.34. The lowest BCUT2D eigenvalue weighted by molar-refractivity contribution is -0.138. The second-order valence-corrected chi connectivity index (χ2v) is 8.57. The zero-order valence-corrected chi connectivity index (χ0v) is 16.9. The quantitative estimate of drug-likeness (QED) is 0.755. The normalized spacial score (nSPS) is 22.5. The van der Waals surface area contributed by atoms with Crippen molar-refractivity contribution in [2.45, 2.75) is 38.5 Å². The summed E-state index contributed by atoms with van der Waals surface area (Å²) in [5, 5.41) is 9.42. The van der Waals surface area contributed by atoms with Gasteiger partial charge in [0.25, 0.3) is 0 Å². The number of ether oxygens (including phenoxy) is 1. The number of carbonyl (C=O) groups excluding carboxylic acids is 2. The number of hydrogen-bond acceptors (Lipinski definition) is 6. The number of allylic oxidation sites excluding steroid dienone is 3. The van der Waals surface area contributed by atoms with Gasteiger partial charge >= 0.3 is 5.97 Å². The highest BCUT2D eigenvalue weighted by Gasteiger charge is 2.41. The first kappa shape index (κ1) is 18.2. The van der Waals surface area contributed by atoms with Crippen LogP contribution in [0.25, 0.3) is 0 Å². The van der Waals surface area contributed by atoms with Gasteiger partial charge in [-0.25, -0.2) is 4.79 Å². The van der Waals surface area contributed by atoms with E-state index in [1.165, 1.54) is 4.88 Å². The maximum absolute atomic E-state index is 13.2. The first-order valence-electron chi connectivity index (χ1n) is 9.06. The molecule has 0 radical (unpaired) electrons. The van der Waals surface area contributed by atoms with E-state index in [2.05, 4.69) is 16.8 Å². The summed E-state index contributed by atoms with van der Waals surface area (Å²) < 4.78 is 5.31. The van der Waals surface area contributed by atoms with Crippen molar-refractivity contribution in [2.24, 2.45) is 0 Å². The molecule has 2 aromatic rings. The van der Waals surface area contributed by atoms with Crippen LogP contribution in [0.3, 0.4) is 0 Å². The van der Waals surface area contributed by atoms with Crippen LogP contribution in [0.15, 0.2) is 56.9 Å². The van der Waals surface area contributed by atoms with E-state index in [-0.39, 0.29) is 23.6 Å². The average molecular weight is 400 g/mol. The Kier molecular flexibility index (Phi) is 5.02. The summed E-state index contributed by atoms with van der Waals surface area (Å²) in [5.41, 5.74) is 4.00. The molecular formula is C21H21NO3S2. The molecule has 6 heteroatoms. The lowest BCUT2D eigenvalue weighted by atomic mass is 9.73. The van der Waals surface area contributed by atoms with Crippen molar-refractivity contribution in [3.05, 3.63) is 67.3 Å². The van der Waals surface area contributed by atoms with Crippen LogP contribution in [0.4, 0.5) is 0 Å². The van der Waals surface area contributed by atoms with Gasteiger partial charge in [0.1, 0.15) is 0 Å². The van der Waals surface area contributed by atoms with Gasteiger partial charge in [-0.15, -0.1) is 11.3 Å². The number of esters is 1. The lowest BCUT2D eigenvalue weighted by Gasteiger charge is -2.36. The first-order chi connectivity index (χ1) is 13.1. The molecule has 0 bridgehead atoms. The molecule has 1 aliphatic carbocycles. The Morgan fingerprint density at radius 3 is 2.81 bits per heavy atom. The Hall–Kier alpha value is -2.18. The lowest BCUT2D eigenvalue weighted by Crippen LogP contribution is -2.35. The van der Waals surface area contributed by atoms with Crippen LogP contribution in [0.5, 0.6) is 0 Å². The number of rotatable bonds is 4. The third-order valence-electron chi connectivity index (χ3n) is 5.15. The van der Waals surface area contributed by atoms with Crippen LogP contribution in [0.1, 0.15) is 49.0 Å². The summed E-state index contributed by atoms with van der Waals surface area (Å²) >= 11 is 3.27. The molecule has 0 saturated heterocycles. The van der Waals surface area contributed by atoms with Gasteiger partial charge < -0.3 is 10.1 Å². The smallest absolute Gasteiger partial charge is 0.336 e. The standard InChI is InChI=1S/C21H21NO3S2/c1-3-25-21(24)18-12(2)22-15-9-14(17-5-4-7-27-17)10-16(23)20(15)19(18)13-6-8-26-11-13/h4-8,11,14,19,22H,3,9-10H2,1-2H3/t14-,19+/m1/s1. The van der Waals surface area contributed by atoms with Crippen molar-refractivity contribution >= 4 is 34.4 Å². The van der Waals surface area contributed by atoms with Gasteiger partial charge in [0.2, 0.25) is 0 Å². The highest BCUT2D eigenvalue weighted by molar-refractivity contribution is 7.10. The SMILES string of the molecule is CCOC(=O)C1=C(C)NC2=C(C(=O)C[C@H](c3cccs3)C2)[C@H]1c1ccsc1. The van der Waals surface area contributed by atoms with Crippen LogP contribution < -0.4 is 5.32 Å². The van der Waals surface area contributed by atoms with Gasteiger partial charge in [-0.05, 0) is 54.1 Å². The summed E-state index contributed by atoms with van der Waals surface area (Å²) in [4.78, 5) is 27.1. The van der Waals surface area contributed by atoms with E-state index in [4.69, 9.17) is 4.74 Å². The Bertz CT molecular complexity index is 923. The second kappa shape index (κ2) is 7.44. The van der Waals surface area contributed by atoms with Crippen LogP contribution in [0.2, 0.25) is 0 Å². The Morgan fingerprint density at radius 2 is 2.15 bits per heavy atom. The Labute approximate surface area is 166 Å². The third kappa shape index (κ3) is 3.28. The number of hydrogen-bond donors (Lipinski definition) is 1. The van der Waals surface area contributed by atoms with Gasteiger partial charge in [-0.2, -0.15) is 11.3 Å². The van der Waals surface area contributed by atoms with Gasteiger partial charge in [-0.3, -0.25) is 4.79 Å². The number of Topliss-reactive ketones (excluding diaryl/α,β-unsaturated/α-hetero) is 1. The minimum atomic E-state index is -0.349. The maximum Gasteiger partial charge on any atom is 0.336 e. The topological polar surface area (TPSA) is 55.4 Å². The highest BCUT2D eigenvalue weighted by atomic mass is 32.1. The highest BCUT2D eigenvalue weighted by Crippen LogP contribution is 2.46. The number of ketones is 1. The van der Waals surface area contributed by atoms with E-state index in [9.17, 15) is 9.59 Å². The van der Waals surface area contributed by atoms with E-state index in [1.807, 2.05) is 29.8 Å². The molecular weight excluding hydrogens is 378 g/mol. The molecule has 0 amide bonds. The monoisotopic (exact) mass is 399 g/mol. The molecule has 0 fully saturated rings. The van der Waals surface area contributed by atoms with Gasteiger partial charge in [-0.1, -0.05) is 6.07 Å². The van der Waals surface area contributed by atoms with E-state index >= 15 is 0 Å². The van der Waals surface area contributed by atoms with Crippen LogP contribution >= 0.6 is 22.7 Å². The van der Waals surface area contributed by atoms with E-state index in [0.717, 1.165) is 29.0 Å². The summed E-state index contributed by atoms with van der Waals surface area (Å²) in [5.74, 6) is -0.377. The van der Waals surface area contributed by atoms with Crippen molar-refractivity contribution in [2.75, 3.05) is 6.61 Å². The molecule has 27 heavy (non-hydrogen) atoms. The molecule has 2 atom stereocenters. The van der Waals surface area contributed by atoms with E-state index in [0.29, 0.717) is 18.6 Å². The molecule has 4 rings (SSSR count). The van der Waals surface area contributed by atoms with Gasteiger partial charge in [0.15, 0.2) is 5.78 Å². The number of thiophene rings is 2. The van der Waals surface area contributed by atoms with Crippen molar-refractivity contribution in [3.8, 4) is 0 Å². The predicted molar refractivity (Wildman–Crippen MR) is 108 cm³/mol. The van der Waals surface area contributed by atoms with Crippen LogP contribution in [0, 0.1) is 0 Å². The first-order valence-corrected chi connectivity index (χ1v) is 10.9. The van der Waals surface area contributed by atoms with Crippen molar-refractivity contribution in [1.29, 1.82) is 0 Å². The molecule has 0 unspecified atom stereocenters. The van der Waals surface area contributed by atoms with Gasteiger partial charge in [0.05, 0.1) is 12.2 Å². The summed E-state index contributed by atoms with van der Waals surface area (Å²) in [6.45, 7) is 4.01. The largest absolute Gasteiger partial charge is 0.463 e. The molecule has 0 aromatic carbocycles. The minimum absolute atomic E-state index is 0.118. The van der Waals surface area contributed by atoms with Crippen LogP contribution in [-0.2, 0) is 14.3 Å². The maximum atomic E-state index is 13.2. The third-order valence-corrected chi connectivity index (χ3v) is 6.88. The fourth-order valence-corrected chi connectivity index (χ4v) is 5.53. The molecule has 1 N–H and O–H groups in total. The summed E-state index contributed by atoms with van der Waals surface area (Å²) in [6.07, 6.45) is 1.27. The fraction of sp³-hybridized carbons (Fsp3) is 0.333. The fourth-order valence-electron chi connectivity index (χ4n) is 4.02. The Morgan fingerprint density at radius 1 is 1.30 bits per heavy atom. The molecule has 1 aliphatic heterocycles. The summed E-state index contributed by atoms with van der Waals surface area (Å²) in [7, 11) is 0. The zero-order chi connectivity index (χ0) is 19.0. The molecule has 2 aliphatic rings. The Balaban J connectivity index is 1.78. The minimum Gasteiger partial charge on any atom is -0.463 e. The molecule has 0 spiro atoms. The van der Waals surface area contributed by atoms with Gasteiger partial charge in [0, 0.05) is 40.1 Å². The predicted octanol–water partition coefficient (Wildman–Crippen LogP) is 4.73. The molecule has 0 saturated carbocycles. The molecule has 2 aromatic heterocycles. The number of carbonyl (C=O) groups is 2. The summed E-state index contributed by atoms with van der Waals surface area (Å²) in [6, 6.07) is 6.12. The molecule has 4 nitrogen and oxygen atoms in total. The number of nitrogens with one attached hydrogen (secondary N) is 1. The molecule has 3 heterocycles. The van der Waals surface area contributed by atoms with E-state index < -0.39 is 0 Å². The van der Waals surface area contributed by atoms with E-state index in [1.54, 1.807) is 29.6 Å². The van der Waals surface area contributed by atoms with Crippen molar-refractivity contribution in [3.63, 3.8) is 0 Å². The number of dihydropyridines is 1. The van der Waals surface area contributed by atoms with Crippen molar-refractivity contribution < 1.29 is 14.3 Å². The second-order valence-electron chi connectivity index (χ2n) is 6.81. The van der Waals surface area contributed by atoms with Crippen molar-refractivity contribution in [1.82, 2.24) is 5.32 Å². The van der Waals surface area contributed by atoms with Crippen LogP contribution in [-0.4, -0.2) is 18.4 Å².